The van der Waals surface area contributed by atoms with Crippen molar-refractivity contribution in [3.8, 4) is 0 Å². The lowest BCUT2D eigenvalue weighted by atomic mass is 9.85. The van der Waals surface area contributed by atoms with Gasteiger partial charge in [0.15, 0.2) is 0 Å². The Bertz CT molecular complexity index is 371. The maximum Gasteiger partial charge on any atom is 0.0631 e. The molecule has 1 aliphatic carbocycles. The Balaban J connectivity index is 2.03. The number of halogens is 2. The first-order valence-corrected chi connectivity index (χ1v) is 8.46. The first-order chi connectivity index (χ1) is 9.23. The summed E-state index contributed by atoms with van der Waals surface area (Å²) in [6.07, 6.45) is 10.6. The molecule has 0 aromatic carbocycles. The van der Waals surface area contributed by atoms with E-state index in [9.17, 15) is 0 Å². The Morgan fingerprint density at radius 2 is 1.95 bits per heavy atom. The van der Waals surface area contributed by atoms with E-state index in [1.54, 1.807) is 0 Å². The summed E-state index contributed by atoms with van der Waals surface area (Å²) in [4.78, 5) is 0. The van der Waals surface area contributed by atoms with Crippen LogP contribution in [0.2, 0.25) is 0 Å². The average Bonchev–Trinajstić information content (AvgIpc) is 2.94. The van der Waals surface area contributed by atoms with E-state index in [-0.39, 0.29) is 5.41 Å². The lowest BCUT2D eigenvalue weighted by molar-refractivity contribution is 0.321. The summed E-state index contributed by atoms with van der Waals surface area (Å²) in [5.41, 5.74) is 1.13. The number of nitrogens with zero attached hydrogens (tertiary/aromatic N) is 2. The molecule has 1 aliphatic rings. The van der Waals surface area contributed by atoms with Crippen molar-refractivity contribution in [1.29, 1.82) is 0 Å². The van der Waals surface area contributed by atoms with E-state index < -0.39 is 0 Å². The summed E-state index contributed by atoms with van der Waals surface area (Å²) in [5.74, 6) is 1.20. The number of aromatic nitrogens is 2. The molecule has 0 spiro atoms. The van der Waals surface area contributed by atoms with Gasteiger partial charge >= 0.3 is 0 Å². The Labute approximate surface area is 126 Å². The number of alkyl halides is 2. The molecule has 1 heterocycles. The highest BCUT2D eigenvalue weighted by Crippen LogP contribution is 2.31. The van der Waals surface area contributed by atoms with Gasteiger partial charge in [-0.2, -0.15) is 5.10 Å². The van der Waals surface area contributed by atoms with Crippen molar-refractivity contribution in [3.63, 3.8) is 0 Å². The van der Waals surface area contributed by atoms with Gasteiger partial charge in [-0.3, -0.25) is 4.68 Å². The molecule has 2 nitrogen and oxygen atoms in total. The van der Waals surface area contributed by atoms with Crippen molar-refractivity contribution in [1.82, 2.24) is 9.78 Å². The molecule has 1 aromatic rings. The van der Waals surface area contributed by atoms with Crippen LogP contribution in [0.5, 0.6) is 0 Å². The highest BCUT2D eigenvalue weighted by molar-refractivity contribution is 6.21. The summed E-state index contributed by atoms with van der Waals surface area (Å²) in [5, 5.41) is 4.76. The van der Waals surface area contributed by atoms with Gasteiger partial charge < -0.3 is 0 Å². The lowest BCUT2D eigenvalue weighted by Crippen LogP contribution is -2.27. The Hall–Kier alpha value is -0.210. The number of rotatable bonds is 6. The van der Waals surface area contributed by atoms with E-state index in [1.165, 1.54) is 32.1 Å². The van der Waals surface area contributed by atoms with Gasteiger partial charge in [0.05, 0.1) is 11.7 Å². The molecule has 4 heteroatoms. The molecule has 0 bridgehead atoms. The van der Waals surface area contributed by atoms with Crippen LogP contribution in [0.4, 0.5) is 0 Å². The van der Waals surface area contributed by atoms with Crippen LogP contribution in [0.1, 0.15) is 57.2 Å². The van der Waals surface area contributed by atoms with Gasteiger partial charge in [0, 0.05) is 23.4 Å². The van der Waals surface area contributed by atoms with Crippen molar-refractivity contribution in [2.75, 3.05) is 11.8 Å². The van der Waals surface area contributed by atoms with E-state index in [1.807, 2.05) is 0 Å². The molecule has 0 saturated heterocycles. The lowest BCUT2D eigenvalue weighted by Gasteiger charge is -2.27. The minimum atomic E-state index is -0.00510. The molecule has 0 radical (unpaired) electrons. The van der Waals surface area contributed by atoms with E-state index in [4.69, 9.17) is 28.3 Å². The maximum absolute atomic E-state index is 6.11. The SMILES string of the molecule is CCC(CCl)(CCl)Cc1ccn(C2CCCCC2)n1. The van der Waals surface area contributed by atoms with Crippen LogP contribution < -0.4 is 0 Å². The van der Waals surface area contributed by atoms with Gasteiger partial charge in [-0.25, -0.2) is 0 Å². The quantitative estimate of drug-likeness (QED) is 0.690. The van der Waals surface area contributed by atoms with Crippen molar-refractivity contribution >= 4 is 23.2 Å². The zero-order chi connectivity index (χ0) is 13.7. The van der Waals surface area contributed by atoms with Crippen molar-refractivity contribution in [2.45, 2.75) is 57.9 Å². The molecule has 1 fully saturated rings. The second-order valence-electron chi connectivity index (χ2n) is 5.88. The molecule has 2 rings (SSSR count). The smallest absolute Gasteiger partial charge is 0.0631 e. The van der Waals surface area contributed by atoms with Crippen LogP contribution in [0, 0.1) is 5.41 Å². The molecule has 0 unspecified atom stereocenters. The molecule has 0 N–H and O–H groups in total. The van der Waals surface area contributed by atoms with Gasteiger partial charge in [0.2, 0.25) is 0 Å². The highest BCUT2D eigenvalue weighted by Gasteiger charge is 2.28. The first kappa shape index (κ1) is 15.2. The summed E-state index contributed by atoms with van der Waals surface area (Å²) in [6.45, 7) is 2.16. The second kappa shape index (κ2) is 6.99. The van der Waals surface area contributed by atoms with Crippen molar-refractivity contribution in [3.05, 3.63) is 18.0 Å². The zero-order valence-corrected chi connectivity index (χ0v) is 13.3. The minimum Gasteiger partial charge on any atom is -0.269 e. The third-order valence-electron chi connectivity index (χ3n) is 4.49. The predicted octanol–water partition coefficient (Wildman–Crippen LogP) is 4.80. The van der Waals surface area contributed by atoms with Crippen LogP contribution in [-0.4, -0.2) is 21.5 Å². The zero-order valence-electron chi connectivity index (χ0n) is 11.7. The Morgan fingerprint density at radius 1 is 1.26 bits per heavy atom. The summed E-state index contributed by atoms with van der Waals surface area (Å²) in [7, 11) is 0. The summed E-state index contributed by atoms with van der Waals surface area (Å²) in [6, 6.07) is 2.74. The monoisotopic (exact) mass is 302 g/mol. The molecule has 0 aliphatic heterocycles. The van der Waals surface area contributed by atoms with Gasteiger partial charge in [0.1, 0.15) is 0 Å². The van der Waals surface area contributed by atoms with E-state index in [0.717, 1.165) is 18.5 Å². The van der Waals surface area contributed by atoms with Crippen LogP contribution in [0.25, 0.3) is 0 Å². The molecule has 1 aromatic heterocycles. The summed E-state index contributed by atoms with van der Waals surface area (Å²) < 4.78 is 2.16. The fourth-order valence-electron chi connectivity index (χ4n) is 2.85. The largest absolute Gasteiger partial charge is 0.269 e. The first-order valence-electron chi connectivity index (χ1n) is 7.39. The second-order valence-corrected chi connectivity index (χ2v) is 6.41. The molecule has 0 atom stereocenters. The minimum absolute atomic E-state index is 0.00510. The molecule has 0 amide bonds. The Morgan fingerprint density at radius 3 is 2.53 bits per heavy atom. The van der Waals surface area contributed by atoms with Gasteiger partial charge in [-0.05, 0) is 31.7 Å². The molecule has 1 saturated carbocycles. The van der Waals surface area contributed by atoms with Gasteiger partial charge in [0.25, 0.3) is 0 Å². The van der Waals surface area contributed by atoms with E-state index in [0.29, 0.717) is 17.8 Å². The molecular formula is C15H24Cl2N2. The van der Waals surface area contributed by atoms with E-state index >= 15 is 0 Å². The third kappa shape index (κ3) is 3.66. The van der Waals surface area contributed by atoms with Crippen LogP contribution in [0.3, 0.4) is 0 Å². The molecule has 19 heavy (non-hydrogen) atoms. The fourth-order valence-corrected chi connectivity index (χ4v) is 3.70. The van der Waals surface area contributed by atoms with Gasteiger partial charge in [-0.1, -0.05) is 26.2 Å². The van der Waals surface area contributed by atoms with Crippen LogP contribution >= 0.6 is 23.2 Å². The summed E-state index contributed by atoms with van der Waals surface area (Å²) >= 11 is 12.2. The number of hydrogen-bond donors (Lipinski definition) is 0. The van der Waals surface area contributed by atoms with Crippen LogP contribution in [0.15, 0.2) is 12.3 Å². The van der Waals surface area contributed by atoms with Crippen LogP contribution in [-0.2, 0) is 6.42 Å². The Kier molecular flexibility index (Phi) is 5.58. The van der Waals surface area contributed by atoms with Gasteiger partial charge in [-0.15, -0.1) is 23.2 Å². The molecule has 108 valence electrons. The maximum atomic E-state index is 6.11. The third-order valence-corrected chi connectivity index (χ3v) is 5.62. The normalized spacial score (nSPS) is 17.8. The van der Waals surface area contributed by atoms with E-state index in [2.05, 4.69) is 23.9 Å². The van der Waals surface area contributed by atoms with Crippen molar-refractivity contribution < 1.29 is 0 Å². The standard InChI is InChI=1S/C15H24Cl2N2/c1-2-15(11-16,12-17)10-13-8-9-19(18-13)14-6-4-3-5-7-14/h8-9,14H,2-7,10-12H2,1H3. The average molecular weight is 303 g/mol. The highest BCUT2D eigenvalue weighted by atomic mass is 35.5. The number of hydrogen-bond acceptors (Lipinski definition) is 1. The molecular weight excluding hydrogens is 279 g/mol. The topological polar surface area (TPSA) is 17.8 Å². The fraction of sp³-hybridized carbons (Fsp3) is 0.800. The predicted molar refractivity (Wildman–Crippen MR) is 82.2 cm³/mol. The van der Waals surface area contributed by atoms with Crippen molar-refractivity contribution in [2.24, 2.45) is 5.41 Å².